The fraction of sp³-hybridized carbons (Fsp3) is 0. The van der Waals surface area contributed by atoms with Crippen LogP contribution in [0.5, 0.6) is 0 Å². The number of benzene rings is 4. The van der Waals surface area contributed by atoms with Gasteiger partial charge >= 0.3 is 0 Å². The van der Waals surface area contributed by atoms with E-state index < -0.39 is 0 Å². The van der Waals surface area contributed by atoms with Crippen molar-refractivity contribution in [3.05, 3.63) is 60.8 Å². The van der Waals surface area contributed by atoms with Crippen molar-refractivity contribution in [2.24, 2.45) is 0 Å². The molecule has 0 aliphatic rings. The van der Waals surface area contributed by atoms with Crippen molar-refractivity contribution in [3.8, 4) is 11.3 Å². The van der Waals surface area contributed by atoms with Crippen molar-refractivity contribution in [2.75, 3.05) is 0 Å². The zero-order valence-corrected chi connectivity index (χ0v) is 11.2. The fourth-order valence-corrected chi connectivity index (χ4v) is 3.29. The van der Waals surface area contributed by atoms with E-state index in [0.717, 1.165) is 11.3 Å². The lowest BCUT2D eigenvalue weighted by molar-refractivity contribution is 0.942. The van der Waals surface area contributed by atoms with E-state index in [0.29, 0.717) is 0 Å². The van der Waals surface area contributed by atoms with E-state index in [4.69, 9.17) is 0 Å². The average molecular weight is 269 g/mol. The van der Waals surface area contributed by atoms with Crippen molar-refractivity contribution < 1.29 is 0 Å². The topological polar surface area (TPSA) is 41.6 Å². The van der Waals surface area contributed by atoms with Gasteiger partial charge in [-0.05, 0) is 32.3 Å². The molecule has 3 heteroatoms. The Bertz CT molecular complexity index is 1060. The third kappa shape index (κ3) is 1.37. The number of H-pyrrole nitrogens is 1. The molecule has 5 rings (SSSR count). The van der Waals surface area contributed by atoms with Crippen LogP contribution in [0.1, 0.15) is 0 Å². The zero-order chi connectivity index (χ0) is 13.8. The summed E-state index contributed by atoms with van der Waals surface area (Å²) in [5.41, 5.74) is 2.00. The average Bonchev–Trinajstić information content (AvgIpc) is 3.07. The lowest BCUT2D eigenvalue weighted by atomic mass is 9.91. The number of aromatic nitrogens is 3. The molecule has 0 unspecified atom stereocenters. The number of nitrogens with zero attached hydrogens (tertiary/aromatic N) is 2. The van der Waals surface area contributed by atoms with E-state index in [-0.39, 0.29) is 0 Å². The van der Waals surface area contributed by atoms with E-state index in [1.54, 1.807) is 6.20 Å². The van der Waals surface area contributed by atoms with Crippen LogP contribution in [0.3, 0.4) is 0 Å². The Morgan fingerprint density at radius 1 is 0.714 bits per heavy atom. The summed E-state index contributed by atoms with van der Waals surface area (Å²) in [6.07, 6.45) is 1.77. The molecule has 3 nitrogen and oxygen atoms in total. The van der Waals surface area contributed by atoms with Gasteiger partial charge in [0, 0.05) is 5.56 Å². The van der Waals surface area contributed by atoms with Gasteiger partial charge in [0.1, 0.15) is 5.69 Å². The Morgan fingerprint density at radius 2 is 1.43 bits per heavy atom. The van der Waals surface area contributed by atoms with Crippen molar-refractivity contribution in [3.63, 3.8) is 0 Å². The van der Waals surface area contributed by atoms with Gasteiger partial charge in [-0.1, -0.05) is 54.6 Å². The summed E-state index contributed by atoms with van der Waals surface area (Å²) in [5.74, 6) is 0. The summed E-state index contributed by atoms with van der Waals surface area (Å²) in [6, 6.07) is 19.5. The Labute approximate surface area is 120 Å². The van der Waals surface area contributed by atoms with Crippen LogP contribution in [-0.2, 0) is 0 Å². The van der Waals surface area contributed by atoms with Crippen molar-refractivity contribution in [1.29, 1.82) is 0 Å². The molecular weight excluding hydrogens is 258 g/mol. The summed E-state index contributed by atoms with van der Waals surface area (Å²) in [5, 5.41) is 18.6. The number of aromatic amines is 1. The van der Waals surface area contributed by atoms with Crippen LogP contribution in [0.25, 0.3) is 43.6 Å². The minimum atomic E-state index is 0.882. The zero-order valence-electron chi connectivity index (χ0n) is 11.2. The van der Waals surface area contributed by atoms with E-state index in [9.17, 15) is 0 Å². The van der Waals surface area contributed by atoms with Crippen LogP contribution in [0.4, 0.5) is 0 Å². The lowest BCUT2D eigenvalue weighted by Gasteiger charge is -2.12. The molecule has 4 aromatic carbocycles. The molecule has 0 aliphatic heterocycles. The molecule has 0 aliphatic carbocycles. The van der Waals surface area contributed by atoms with Crippen LogP contribution in [0, 0.1) is 0 Å². The molecule has 0 saturated carbocycles. The summed E-state index contributed by atoms with van der Waals surface area (Å²) >= 11 is 0. The van der Waals surface area contributed by atoms with E-state index in [2.05, 4.69) is 70.0 Å². The van der Waals surface area contributed by atoms with Gasteiger partial charge in [0.25, 0.3) is 0 Å². The maximum atomic E-state index is 4.23. The predicted octanol–water partition coefficient (Wildman–Crippen LogP) is 4.37. The highest BCUT2D eigenvalue weighted by molar-refractivity contribution is 6.25. The first-order chi connectivity index (χ1) is 10.4. The van der Waals surface area contributed by atoms with E-state index >= 15 is 0 Å². The highest BCUT2D eigenvalue weighted by atomic mass is 15.3. The Hall–Kier alpha value is -2.94. The molecule has 5 aromatic rings. The van der Waals surface area contributed by atoms with Gasteiger partial charge in [-0.15, -0.1) is 0 Å². The first-order valence-electron chi connectivity index (χ1n) is 6.94. The molecule has 21 heavy (non-hydrogen) atoms. The molecule has 98 valence electrons. The summed E-state index contributed by atoms with van der Waals surface area (Å²) in [7, 11) is 0. The monoisotopic (exact) mass is 269 g/mol. The van der Waals surface area contributed by atoms with Crippen LogP contribution in [0.2, 0.25) is 0 Å². The molecule has 1 N–H and O–H groups in total. The molecule has 1 heterocycles. The first kappa shape index (κ1) is 10.8. The second-order valence-electron chi connectivity index (χ2n) is 5.32. The van der Waals surface area contributed by atoms with Gasteiger partial charge in [-0.3, -0.25) is 0 Å². The molecule has 0 saturated heterocycles. The van der Waals surface area contributed by atoms with Crippen LogP contribution < -0.4 is 0 Å². The highest BCUT2D eigenvalue weighted by Crippen LogP contribution is 2.38. The number of rotatable bonds is 1. The predicted molar refractivity (Wildman–Crippen MR) is 85.5 cm³/mol. The molecule has 0 atom stereocenters. The fourth-order valence-electron chi connectivity index (χ4n) is 3.29. The Kier molecular flexibility index (Phi) is 1.95. The second kappa shape index (κ2) is 3.79. The van der Waals surface area contributed by atoms with Gasteiger partial charge in [0.05, 0.1) is 6.20 Å². The molecule has 1 aromatic heterocycles. The van der Waals surface area contributed by atoms with Gasteiger partial charge in [-0.2, -0.15) is 15.4 Å². The molecule has 0 bridgehead atoms. The van der Waals surface area contributed by atoms with Gasteiger partial charge < -0.3 is 0 Å². The Balaban J connectivity index is 2.07. The van der Waals surface area contributed by atoms with Crippen molar-refractivity contribution in [1.82, 2.24) is 15.4 Å². The number of nitrogens with one attached hydrogen (secondary N) is 1. The minimum Gasteiger partial charge on any atom is -0.197 e. The van der Waals surface area contributed by atoms with Gasteiger partial charge in [0.2, 0.25) is 0 Å². The third-order valence-electron chi connectivity index (χ3n) is 4.22. The highest BCUT2D eigenvalue weighted by Gasteiger charge is 2.12. The maximum absolute atomic E-state index is 4.23. The largest absolute Gasteiger partial charge is 0.197 e. The summed E-state index contributed by atoms with van der Waals surface area (Å²) in [6.45, 7) is 0. The molecular formula is C18H11N3. The maximum Gasteiger partial charge on any atom is 0.113 e. The molecule has 0 fully saturated rings. The third-order valence-corrected chi connectivity index (χ3v) is 4.22. The smallest absolute Gasteiger partial charge is 0.113 e. The molecule has 0 radical (unpaired) electrons. The second-order valence-corrected chi connectivity index (χ2v) is 5.32. The van der Waals surface area contributed by atoms with Gasteiger partial charge in [0.15, 0.2) is 0 Å². The SMILES string of the molecule is c1cc2ccc3ccc(-c4cn[nH]n4)c4ccc(c1)c2c34. The minimum absolute atomic E-state index is 0.882. The molecule has 0 spiro atoms. The Morgan fingerprint density at radius 3 is 2.19 bits per heavy atom. The standard InChI is InChI=1S/C18H11N3/c1-2-11-4-5-13-6-8-14(16-10-19-21-20-16)15-9-7-12(3-1)17(11)18(13)15/h1-10H,(H,19,20,21). The van der Waals surface area contributed by atoms with Gasteiger partial charge in [-0.25, -0.2) is 0 Å². The summed E-state index contributed by atoms with van der Waals surface area (Å²) in [4.78, 5) is 0. The normalized spacial score (nSPS) is 11.8. The quantitative estimate of drug-likeness (QED) is 0.459. The summed E-state index contributed by atoms with van der Waals surface area (Å²) < 4.78 is 0. The molecule has 0 amide bonds. The van der Waals surface area contributed by atoms with Crippen LogP contribution in [-0.4, -0.2) is 15.4 Å². The van der Waals surface area contributed by atoms with E-state index in [1.165, 1.54) is 32.3 Å². The number of hydrogen-bond donors (Lipinski definition) is 1. The van der Waals surface area contributed by atoms with Crippen LogP contribution >= 0.6 is 0 Å². The van der Waals surface area contributed by atoms with E-state index in [1.807, 2.05) is 0 Å². The van der Waals surface area contributed by atoms with Crippen LogP contribution in [0.15, 0.2) is 60.8 Å². The lowest BCUT2D eigenvalue weighted by Crippen LogP contribution is -1.87. The first-order valence-corrected chi connectivity index (χ1v) is 6.94. The van der Waals surface area contributed by atoms with Crippen molar-refractivity contribution >= 4 is 32.3 Å². The number of hydrogen-bond acceptors (Lipinski definition) is 2. The van der Waals surface area contributed by atoms with Crippen molar-refractivity contribution in [2.45, 2.75) is 0 Å².